The highest BCUT2D eigenvalue weighted by molar-refractivity contribution is 7.81. The first-order valence-electron chi connectivity index (χ1n) is 2.41. The second-order valence-electron chi connectivity index (χ2n) is 1.63. The first-order valence-corrected chi connectivity index (χ1v) is 3.77. The zero-order valence-corrected chi connectivity index (χ0v) is 5.91. The Kier molecular flexibility index (Phi) is 1.75. The van der Waals surface area contributed by atoms with Crippen molar-refractivity contribution in [2.45, 2.75) is 0 Å². The lowest BCUT2D eigenvalue weighted by Gasteiger charge is -1.95. The molecule has 0 unspecified atom stereocenters. The fourth-order valence-corrected chi connectivity index (χ4v) is 0.806. The molecule has 2 N–H and O–H groups in total. The van der Waals surface area contributed by atoms with E-state index in [1.54, 1.807) is 0 Å². The van der Waals surface area contributed by atoms with Gasteiger partial charge in [-0.25, -0.2) is 0 Å². The summed E-state index contributed by atoms with van der Waals surface area (Å²) in [5.74, 6) is -0.949. The summed E-state index contributed by atoms with van der Waals surface area (Å²) in [4.78, 5) is 0. The van der Waals surface area contributed by atoms with E-state index in [0.717, 1.165) is 12.5 Å². The molecule has 6 nitrogen and oxygen atoms in total. The molecule has 62 valence electrons. The molecule has 1 aromatic rings. The maximum Gasteiger partial charge on any atom is 0.446 e. The van der Waals surface area contributed by atoms with Gasteiger partial charge in [-0.1, -0.05) is 0 Å². The first-order chi connectivity index (χ1) is 4.99. The van der Waals surface area contributed by atoms with Crippen LogP contribution >= 0.6 is 0 Å². The molecule has 0 radical (unpaired) electrons. The van der Waals surface area contributed by atoms with E-state index in [4.69, 9.17) is 9.66 Å². The molecule has 11 heavy (non-hydrogen) atoms. The number of hydrogen-bond donors (Lipinski definition) is 2. The van der Waals surface area contributed by atoms with Crippen molar-refractivity contribution in [2.75, 3.05) is 0 Å². The fourth-order valence-electron chi connectivity index (χ4n) is 0.455. The molecular weight excluding hydrogens is 176 g/mol. The van der Waals surface area contributed by atoms with Crippen LogP contribution in [0.15, 0.2) is 16.9 Å². The number of aromatic hydroxyl groups is 1. The van der Waals surface area contributed by atoms with Crippen molar-refractivity contribution in [2.24, 2.45) is 0 Å². The largest absolute Gasteiger partial charge is 0.502 e. The number of furan rings is 1. The smallest absolute Gasteiger partial charge is 0.446 e. The van der Waals surface area contributed by atoms with E-state index in [0.29, 0.717) is 0 Å². The third-order valence-electron chi connectivity index (χ3n) is 0.802. The van der Waals surface area contributed by atoms with Crippen molar-refractivity contribution in [1.29, 1.82) is 0 Å². The molecule has 0 bridgehead atoms. The Balaban J connectivity index is 2.89. The molecule has 1 rings (SSSR count). The minimum Gasteiger partial charge on any atom is -0.502 e. The average Bonchev–Trinajstić information content (AvgIpc) is 2.12. The number of hydrogen-bond acceptors (Lipinski definition) is 5. The van der Waals surface area contributed by atoms with Crippen LogP contribution in [-0.4, -0.2) is 18.1 Å². The van der Waals surface area contributed by atoms with Gasteiger partial charge in [0.15, 0.2) is 5.75 Å². The van der Waals surface area contributed by atoms with Crippen molar-refractivity contribution in [3.05, 3.63) is 12.5 Å². The maximum atomic E-state index is 10.0. The van der Waals surface area contributed by atoms with Gasteiger partial charge in [0, 0.05) is 0 Å². The van der Waals surface area contributed by atoms with Crippen LogP contribution in [0.3, 0.4) is 0 Å². The third kappa shape index (κ3) is 2.13. The monoisotopic (exact) mass is 180 g/mol. The zero-order chi connectivity index (χ0) is 8.48. The molecule has 0 spiro atoms. The summed E-state index contributed by atoms with van der Waals surface area (Å²) in [6.07, 6.45) is 1.70. The van der Waals surface area contributed by atoms with Gasteiger partial charge in [-0.3, -0.25) is 4.55 Å². The van der Waals surface area contributed by atoms with Crippen LogP contribution in [-0.2, 0) is 10.4 Å². The fraction of sp³-hybridized carbons (Fsp3) is 0. The van der Waals surface area contributed by atoms with Crippen molar-refractivity contribution >= 4 is 10.4 Å². The van der Waals surface area contributed by atoms with Crippen LogP contribution in [0.25, 0.3) is 0 Å². The summed E-state index contributed by atoms with van der Waals surface area (Å²) in [5, 5.41) is 8.72. The SMILES string of the molecule is O=S(=O)(O)Oc1cocc1O. The predicted molar refractivity (Wildman–Crippen MR) is 32.5 cm³/mol. The molecule has 0 aliphatic heterocycles. The molecule has 1 heterocycles. The van der Waals surface area contributed by atoms with Gasteiger partial charge < -0.3 is 13.7 Å². The highest BCUT2D eigenvalue weighted by Gasteiger charge is 2.12. The summed E-state index contributed by atoms with van der Waals surface area (Å²) in [5.41, 5.74) is 0. The van der Waals surface area contributed by atoms with Crippen LogP contribution in [0.1, 0.15) is 0 Å². The van der Waals surface area contributed by atoms with Gasteiger partial charge in [-0.05, 0) is 0 Å². The lowest BCUT2D eigenvalue weighted by Crippen LogP contribution is -2.05. The quantitative estimate of drug-likeness (QED) is 0.629. The average molecular weight is 180 g/mol. The Morgan fingerprint density at radius 3 is 2.45 bits per heavy atom. The van der Waals surface area contributed by atoms with Crippen LogP contribution in [0.5, 0.6) is 11.5 Å². The van der Waals surface area contributed by atoms with E-state index in [1.165, 1.54) is 0 Å². The Morgan fingerprint density at radius 1 is 1.45 bits per heavy atom. The van der Waals surface area contributed by atoms with Crippen molar-refractivity contribution in [3.63, 3.8) is 0 Å². The Bertz CT molecular complexity index is 335. The summed E-state index contributed by atoms with van der Waals surface area (Å²) in [6, 6.07) is 0. The van der Waals surface area contributed by atoms with E-state index < -0.39 is 21.9 Å². The van der Waals surface area contributed by atoms with Crippen LogP contribution in [0.2, 0.25) is 0 Å². The van der Waals surface area contributed by atoms with Crippen LogP contribution in [0.4, 0.5) is 0 Å². The van der Waals surface area contributed by atoms with E-state index in [9.17, 15) is 8.42 Å². The van der Waals surface area contributed by atoms with Crippen molar-refractivity contribution in [1.82, 2.24) is 0 Å². The topological polar surface area (TPSA) is 97.0 Å². The van der Waals surface area contributed by atoms with E-state index >= 15 is 0 Å². The van der Waals surface area contributed by atoms with Crippen molar-refractivity contribution < 1.29 is 26.7 Å². The highest BCUT2D eigenvalue weighted by Crippen LogP contribution is 2.27. The van der Waals surface area contributed by atoms with Gasteiger partial charge in [0.25, 0.3) is 0 Å². The van der Waals surface area contributed by atoms with Gasteiger partial charge in [0.05, 0.1) is 0 Å². The van der Waals surface area contributed by atoms with Crippen molar-refractivity contribution in [3.8, 4) is 11.5 Å². The molecule has 0 aromatic carbocycles. The molecule has 0 atom stereocenters. The third-order valence-corrected chi connectivity index (χ3v) is 1.19. The summed E-state index contributed by atoms with van der Waals surface area (Å²) in [7, 11) is -4.59. The van der Waals surface area contributed by atoms with Gasteiger partial charge >= 0.3 is 10.4 Å². The summed E-state index contributed by atoms with van der Waals surface area (Å²) in [6.45, 7) is 0. The summed E-state index contributed by atoms with van der Waals surface area (Å²) >= 11 is 0. The second kappa shape index (κ2) is 2.44. The molecule has 0 aliphatic carbocycles. The Labute approximate surface area is 62.0 Å². The molecule has 1 aromatic heterocycles. The molecule has 7 heteroatoms. The lowest BCUT2D eigenvalue weighted by atomic mass is 10.6. The maximum absolute atomic E-state index is 10.0. The zero-order valence-electron chi connectivity index (χ0n) is 5.09. The second-order valence-corrected chi connectivity index (χ2v) is 2.65. The lowest BCUT2D eigenvalue weighted by molar-refractivity contribution is 0.372. The molecule has 0 amide bonds. The molecule has 0 saturated carbocycles. The van der Waals surface area contributed by atoms with E-state index in [2.05, 4.69) is 8.60 Å². The first kappa shape index (κ1) is 7.89. The van der Waals surface area contributed by atoms with Gasteiger partial charge in [-0.2, -0.15) is 8.42 Å². The molecule has 0 fully saturated rings. The minimum absolute atomic E-state index is 0.451. The van der Waals surface area contributed by atoms with Gasteiger partial charge in [0.2, 0.25) is 5.75 Å². The molecular formula is C4H4O6S. The summed E-state index contributed by atoms with van der Waals surface area (Å²) < 4.78 is 36.4. The minimum atomic E-state index is -4.59. The van der Waals surface area contributed by atoms with E-state index in [1.807, 2.05) is 0 Å². The Hall–Kier alpha value is -1.21. The highest BCUT2D eigenvalue weighted by atomic mass is 32.3. The van der Waals surface area contributed by atoms with E-state index in [-0.39, 0.29) is 0 Å². The van der Waals surface area contributed by atoms with Crippen LogP contribution < -0.4 is 4.18 Å². The number of rotatable bonds is 2. The standard InChI is InChI=1S/C4H4O6S/c5-3-1-9-2-4(3)10-11(6,7)8/h1-2,5H,(H,6,7,8). The molecule has 0 aliphatic rings. The van der Waals surface area contributed by atoms with Gasteiger partial charge in [-0.15, -0.1) is 0 Å². The van der Waals surface area contributed by atoms with Gasteiger partial charge in [0.1, 0.15) is 12.5 Å². The Morgan fingerprint density at radius 2 is 2.09 bits per heavy atom. The van der Waals surface area contributed by atoms with Crippen LogP contribution in [0, 0.1) is 0 Å². The predicted octanol–water partition coefficient (Wildman–Crippen LogP) is 0.167. The normalized spacial score (nSPS) is 11.4. The molecule has 0 saturated heterocycles.